The molecule has 0 aliphatic carbocycles. The van der Waals surface area contributed by atoms with Gasteiger partial charge in [0.2, 0.25) is 0 Å². The quantitative estimate of drug-likeness (QED) is 0.298. The number of nitrogens with zero attached hydrogens (tertiary/aromatic N) is 2. The van der Waals surface area contributed by atoms with Crippen molar-refractivity contribution in [2.45, 2.75) is 20.0 Å². The van der Waals surface area contributed by atoms with Crippen LogP contribution in [0.5, 0.6) is 5.75 Å². The molecule has 0 aliphatic rings. The summed E-state index contributed by atoms with van der Waals surface area (Å²) in [6, 6.07) is 21.5. The fraction of sp³-hybridized carbons (Fsp3) is 0.115. The van der Waals surface area contributed by atoms with E-state index >= 15 is 0 Å². The second-order valence-corrected chi connectivity index (χ2v) is 7.27. The van der Waals surface area contributed by atoms with Gasteiger partial charge in [0, 0.05) is 18.0 Å². The lowest BCUT2D eigenvalue weighted by atomic mass is 10.0. The van der Waals surface area contributed by atoms with Crippen LogP contribution in [0.25, 0.3) is 28.2 Å². The van der Waals surface area contributed by atoms with Crippen molar-refractivity contribution in [3.05, 3.63) is 96.3 Å². The fourth-order valence-corrected chi connectivity index (χ4v) is 3.17. The highest BCUT2D eigenvalue weighted by Gasteiger charge is 2.05. The van der Waals surface area contributed by atoms with Gasteiger partial charge in [0.05, 0.1) is 17.1 Å². The van der Waals surface area contributed by atoms with E-state index in [4.69, 9.17) is 4.74 Å². The molecule has 0 aliphatic heterocycles. The fourth-order valence-electron chi connectivity index (χ4n) is 3.17. The standard InChI is InChI=1S/C26H22N2O2/c1-18(2)30-23-11-8-21(9-12-23)20-6-3-19(4-7-20)5-14-26(29)22-10-13-24-25(17-22)28-16-15-27-24/h3-18H,1-2H3/b14-5+. The number of rotatable bonds is 6. The Hall–Kier alpha value is -3.79. The Morgan fingerprint density at radius 2 is 1.47 bits per heavy atom. The Balaban J connectivity index is 1.45. The number of carbonyl (C=O) groups is 1. The van der Waals surface area contributed by atoms with E-state index in [2.05, 4.69) is 22.1 Å². The highest BCUT2D eigenvalue weighted by molar-refractivity contribution is 6.08. The summed E-state index contributed by atoms with van der Waals surface area (Å²) in [6.07, 6.45) is 6.84. The second kappa shape index (κ2) is 8.70. The van der Waals surface area contributed by atoms with E-state index in [9.17, 15) is 4.79 Å². The summed E-state index contributed by atoms with van der Waals surface area (Å²) in [4.78, 5) is 21.0. The highest BCUT2D eigenvalue weighted by Crippen LogP contribution is 2.23. The molecular weight excluding hydrogens is 372 g/mol. The van der Waals surface area contributed by atoms with E-state index in [-0.39, 0.29) is 11.9 Å². The molecule has 0 saturated heterocycles. The van der Waals surface area contributed by atoms with Gasteiger partial charge in [-0.1, -0.05) is 42.5 Å². The molecule has 0 saturated carbocycles. The first-order valence-electron chi connectivity index (χ1n) is 9.89. The zero-order chi connectivity index (χ0) is 20.9. The average Bonchev–Trinajstić information content (AvgIpc) is 2.77. The summed E-state index contributed by atoms with van der Waals surface area (Å²) < 4.78 is 5.69. The van der Waals surface area contributed by atoms with E-state index in [1.165, 1.54) is 0 Å². The molecule has 0 amide bonds. The molecule has 1 aromatic heterocycles. The van der Waals surface area contributed by atoms with Crippen molar-refractivity contribution in [2.75, 3.05) is 0 Å². The number of carbonyl (C=O) groups excluding carboxylic acids is 1. The van der Waals surface area contributed by atoms with Crippen LogP contribution in [0, 0.1) is 0 Å². The van der Waals surface area contributed by atoms with Crippen molar-refractivity contribution in [3.8, 4) is 16.9 Å². The lowest BCUT2D eigenvalue weighted by Gasteiger charge is -2.10. The smallest absolute Gasteiger partial charge is 0.185 e. The third-order valence-corrected chi connectivity index (χ3v) is 4.65. The largest absolute Gasteiger partial charge is 0.491 e. The van der Waals surface area contributed by atoms with Gasteiger partial charge in [0.15, 0.2) is 5.78 Å². The molecule has 0 N–H and O–H groups in total. The van der Waals surface area contributed by atoms with Crippen molar-refractivity contribution in [2.24, 2.45) is 0 Å². The maximum Gasteiger partial charge on any atom is 0.185 e. The summed E-state index contributed by atoms with van der Waals surface area (Å²) in [7, 11) is 0. The highest BCUT2D eigenvalue weighted by atomic mass is 16.5. The van der Waals surface area contributed by atoms with Crippen molar-refractivity contribution in [1.82, 2.24) is 9.97 Å². The first-order valence-corrected chi connectivity index (χ1v) is 9.89. The van der Waals surface area contributed by atoms with Gasteiger partial charge in [-0.2, -0.15) is 0 Å². The molecule has 4 rings (SSSR count). The molecule has 4 heteroatoms. The SMILES string of the molecule is CC(C)Oc1ccc(-c2ccc(/C=C/C(=O)c3ccc4nccnc4c3)cc2)cc1. The van der Waals surface area contributed by atoms with Crippen LogP contribution in [0.2, 0.25) is 0 Å². The molecule has 0 radical (unpaired) electrons. The van der Waals surface area contributed by atoms with Crippen molar-refractivity contribution in [1.29, 1.82) is 0 Å². The number of fused-ring (bicyclic) bond motifs is 1. The van der Waals surface area contributed by atoms with Gasteiger partial charge in [-0.15, -0.1) is 0 Å². The summed E-state index contributed by atoms with van der Waals surface area (Å²) in [5, 5.41) is 0. The molecule has 148 valence electrons. The van der Waals surface area contributed by atoms with Gasteiger partial charge < -0.3 is 4.74 Å². The minimum Gasteiger partial charge on any atom is -0.491 e. The predicted molar refractivity (Wildman–Crippen MR) is 121 cm³/mol. The molecule has 30 heavy (non-hydrogen) atoms. The van der Waals surface area contributed by atoms with Crippen molar-refractivity contribution >= 4 is 22.9 Å². The van der Waals surface area contributed by atoms with E-state index in [1.54, 1.807) is 30.6 Å². The van der Waals surface area contributed by atoms with Gasteiger partial charge in [-0.25, -0.2) is 0 Å². The number of aromatic nitrogens is 2. The first kappa shape index (κ1) is 19.5. The Morgan fingerprint density at radius 3 is 2.13 bits per heavy atom. The zero-order valence-electron chi connectivity index (χ0n) is 16.9. The maximum atomic E-state index is 12.5. The number of hydrogen-bond acceptors (Lipinski definition) is 4. The summed E-state index contributed by atoms with van der Waals surface area (Å²) in [5.74, 6) is 0.804. The van der Waals surface area contributed by atoms with Gasteiger partial charge in [-0.3, -0.25) is 14.8 Å². The Labute approximate surface area is 175 Å². The summed E-state index contributed by atoms with van der Waals surface area (Å²) in [5.41, 5.74) is 5.29. The van der Waals surface area contributed by atoms with Crippen LogP contribution in [0.1, 0.15) is 29.8 Å². The van der Waals surface area contributed by atoms with E-state index < -0.39 is 0 Å². The van der Waals surface area contributed by atoms with Crippen LogP contribution < -0.4 is 4.74 Å². The molecule has 0 unspecified atom stereocenters. The van der Waals surface area contributed by atoms with Gasteiger partial charge >= 0.3 is 0 Å². The number of hydrogen-bond donors (Lipinski definition) is 0. The van der Waals surface area contributed by atoms with Crippen LogP contribution >= 0.6 is 0 Å². The third-order valence-electron chi connectivity index (χ3n) is 4.65. The topological polar surface area (TPSA) is 52.1 Å². The molecule has 4 nitrogen and oxygen atoms in total. The van der Waals surface area contributed by atoms with E-state index in [0.717, 1.165) is 28.0 Å². The summed E-state index contributed by atoms with van der Waals surface area (Å²) in [6.45, 7) is 4.03. The molecule has 0 spiro atoms. The number of ether oxygens (including phenoxy) is 1. The molecular formula is C26H22N2O2. The van der Waals surface area contributed by atoms with Gasteiger partial charge in [0.1, 0.15) is 5.75 Å². The van der Waals surface area contributed by atoms with Crippen molar-refractivity contribution < 1.29 is 9.53 Å². The predicted octanol–water partition coefficient (Wildman–Crippen LogP) is 5.98. The molecule has 4 aromatic rings. The molecule has 0 fully saturated rings. The van der Waals surface area contributed by atoms with E-state index in [1.807, 2.05) is 62.4 Å². The third kappa shape index (κ3) is 4.61. The Kier molecular flexibility index (Phi) is 5.66. The lowest BCUT2D eigenvalue weighted by molar-refractivity contribution is 0.104. The molecule has 0 atom stereocenters. The number of allylic oxidation sites excluding steroid dienone is 1. The Morgan fingerprint density at radius 1 is 0.833 bits per heavy atom. The normalized spacial score (nSPS) is 11.3. The van der Waals surface area contributed by atoms with Crippen molar-refractivity contribution in [3.63, 3.8) is 0 Å². The van der Waals surface area contributed by atoms with Gasteiger partial charge in [-0.05, 0) is 66.9 Å². The second-order valence-electron chi connectivity index (χ2n) is 7.27. The van der Waals surface area contributed by atoms with Crippen LogP contribution in [0.3, 0.4) is 0 Å². The first-order chi connectivity index (χ1) is 14.6. The number of benzene rings is 3. The van der Waals surface area contributed by atoms with E-state index in [0.29, 0.717) is 11.1 Å². The van der Waals surface area contributed by atoms with Crippen LogP contribution in [-0.4, -0.2) is 21.9 Å². The van der Waals surface area contributed by atoms with Crippen LogP contribution in [0.4, 0.5) is 0 Å². The minimum atomic E-state index is -0.0626. The maximum absolute atomic E-state index is 12.5. The average molecular weight is 394 g/mol. The summed E-state index contributed by atoms with van der Waals surface area (Å²) >= 11 is 0. The lowest BCUT2D eigenvalue weighted by Crippen LogP contribution is -2.05. The van der Waals surface area contributed by atoms with Crippen LogP contribution in [-0.2, 0) is 0 Å². The Bertz CT molecular complexity index is 1190. The monoisotopic (exact) mass is 394 g/mol. The minimum absolute atomic E-state index is 0.0626. The molecule has 0 bridgehead atoms. The van der Waals surface area contributed by atoms with Crippen LogP contribution in [0.15, 0.2) is 85.2 Å². The molecule has 3 aromatic carbocycles. The van der Waals surface area contributed by atoms with Gasteiger partial charge in [0.25, 0.3) is 0 Å². The molecule has 1 heterocycles. The number of ketones is 1. The zero-order valence-corrected chi connectivity index (χ0v) is 16.9.